The molecular weight excluding hydrogens is 244 g/mol. The fraction of sp³-hybridized carbons (Fsp3) is 0.0769. The van der Waals surface area contributed by atoms with Crippen LogP contribution in [0.1, 0.15) is 11.3 Å². The van der Waals surface area contributed by atoms with E-state index in [2.05, 4.69) is 9.97 Å². The van der Waals surface area contributed by atoms with Crippen LogP contribution in [0.15, 0.2) is 36.5 Å². The maximum absolute atomic E-state index is 5.91. The summed E-state index contributed by atoms with van der Waals surface area (Å²) in [5, 5.41) is 0.567. The second-order valence-electron chi connectivity index (χ2n) is 4.08. The molecule has 4 N–H and O–H groups in total. The first-order valence-corrected chi connectivity index (χ1v) is 6.38. The Hall–Kier alpha value is -2.14. The van der Waals surface area contributed by atoms with E-state index in [4.69, 9.17) is 11.5 Å². The molecule has 0 aliphatic heterocycles. The molecule has 0 atom stereocenters. The normalized spacial score (nSPS) is 10.9. The van der Waals surface area contributed by atoms with E-state index < -0.39 is 0 Å². The number of thiazole rings is 1. The lowest BCUT2D eigenvalue weighted by molar-refractivity contribution is 1.08. The van der Waals surface area contributed by atoms with Crippen molar-refractivity contribution in [2.24, 2.45) is 0 Å². The molecule has 5 heteroatoms. The molecule has 3 rings (SSSR count). The third-order valence-corrected chi connectivity index (χ3v) is 3.54. The van der Waals surface area contributed by atoms with Crippen molar-refractivity contribution in [1.29, 1.82) is 0 Å². The van der Waals surface area contributed by atoms with Gasteiger partial charge in [0.2, 0.25) is 0 Å². The first kappa shape index (κ1) is 11.0. The fourth-order valence-corrected chi connectivity index (χ4v) is 2.80. The van der Waals surface area contributed by atoms with Gasteiger partial charge in [0.05, 0.1) is 10.2 Å². The Labute approximate surface area is 108 Å². The minimum Gasteiger partial charge on any atom is -0.399 e. The van der Waals surface area contributed by atoms with Crippen LogP contribution in [-0.4, -0.2) is 9.97 Å². The molecule has 0 spiro atoms. The largest absolute Gasteiger partial charge is 0.399 e. The number of hydrogen-bond acceptors (Lipinski definition) is 5. The van der Waals surface area contributed by atoms with Gasteiger partial charge in [-0.3, -0.25) is 4.98 Å². The predicted molar refractivity (Wildman–Crippen MR) is 75.5 cm³/mol. The highest BCUT2D eigenvalue weighted by molar-refractivity contribution is 7.22. The van der Waals surface area contributed by atoms with Gasteiger partial charge >= 0.3 is 0 Å². The van der Waals surface area contributed by atoms with Crippen LogP contribution in [0.5, 0.6) is 0 Å². The zero-order valence-corrected chi connectivity index (χ0v) is 10.4. The molecule has 18 heavy (non-hydrogen) atoms. The van der Waals surface area contributed by atoms with Crippen molar-refractivity contribution in [1.82, 2.24) is 9.97 Å². The van der Waals surface area contributed by atoms with Gasteiger partial charge in [-0.1, -0.05) is 17.4 Å². The zero-order chi connectivity index (χ0) is 12.5. The molecule has 0 fully saturated rings. The molecule has 0 bridgehead atoms. The van der Waals surface area contributed by atoms with Crippen molar-refractivity contribution < 1.29 is 0 Å². The average Bonchev–Trinajstić information content (AvgIpc) is 2.71. The summed E-state index contributed by atoms with van der Waals surface area (Å²) < 4.78 is 1.03. The number of nitrogens with two attached hydrogens (primary N) is 2. The van der Waals surface area contributed by atoms with Crippen molar-refractivity contribution in [2.75, 3.05) is 11.5 Å². The summed E-state index contributed by atoms with van der Waals surface area (Å²) >= 11 is 1.46. The molecule has 0 amide bonds. The lowest BCUT2D eigenvalue weighted by Gasteiger charge is -2.03. The van der Waals surface area contributed by atoms with Crippen LogP contribution in [-0.2, 0) is 6.42 Å². The van der Waals surface area contributed by atoms with Gasteiger partial charge in [0.1, 0.15) is 0 Å². The van der Waals surface area contributed by atoms with Crippen LogP contribution in [0.25, 0.3) is 10.2 Å². The summed E-state index contributed by atoms with van der Waals surface area (Å²) in [5.41, 5.74) is 15.4. The lowest BCUT2D eigenvalue weighted by Crippen LogP contribution is -1.95. The minimum atomic E-state index is 0.567. The highest BCUT2D eigenvalue weighted by Gasteiger charge is 2.09. The molecule has 0 unspecified atom stereocenters. The van der Waals surface area contributed by atoms with Gasteiger partial charge in [0.25, 0.3) is 0 Å². The Kier molecular flexibility index (Phi) is 2.60. The summed E-state index contributed by atoms with van der Waals surface area (Å²) in [6.07, 6.45) is 2.50. The number of benzene rings is 1. The van der Waals surface area contributed by atoms with Gasteiger partial charge in [-0.05, 0) is 29.8 Å². The number of anilines is 2. The van der Waals surface area contributed by atoms with E-state index >= 15 is 0 Å². The molecule has 0 saturated heterocycles. The Balaban J connectivity index is 2.10. The van der Waals surface area contributed by atoms with Crippen molar-refractivity contribution >= 4 is 32.4 Å². The van der Waals surface area contributed by atoms with Crippen LogP contribution in [0.2, 0.25) is 0 Å². The third kappa shape index (κ3) is 2.00. The predicted octanol–water partition coefficient (Wildman–Crippen LogP) is 2.45. The number of nitrogen functional groups attached to an aromatic ring is 2. The number of aromatic nitrogens is 2. The fourth-order valence-electron chi connectivity index (χ4n) is 1.97. The number of rotatable bonds is 2. The quantitative estimate of drug-likeness (QED) is 0.690. The third-order valence-electron chi connectivity index (χ3n) is 2.71. The number of pyridine rings is 1. The van der Waals surface area contributed by atoms with E-state index in [1.165, 1.54) is 11.3 Å². The molecule has 3 aromatic rings. The Morgan fingerprint density at radius 2 is 2.06 bits per heavy atom. The van der Waals surface area contributed by atoms with E-state index in [0.717, 1.165) is 27.2 Å². The maximum atomic E-state index is 5.91. The summed E-state index contributed by atoms with van der Waals surface area (Å²) in [6.45, 7) is 0. The van der Waals surface area contributed by atoms with Gasteiger partial charge in [-0.2, -0.15) is 0 Å². The van der Waals surface area contributed by atoms with E-state index in [0.29, 0.717) is 11.6 Å². The van der Waals surface area contributed by atoms with E-state index in [-0.39, 0.29) is 0 Å². The van der Waals surface area contributed by atoms with Crippen molar-refractivity contribution in [2.45, 2.75) is 6.42 Å². The standard InChI is InChI=1S/C13H12N4S/c14-9-5-8(6-10-3-1-2-4-16-10)12-11(7-9)18-13(15)17-12/h1-5,7H,6,14H2,(H2,15,17). The van der Waals surface area contributed by atoms with Gasteiger partial charge in [0.15, 0.2) is 5.13 Å². The molecule has 4 nitrogen and oxygen atoms in total. The maximum Gasteiger partial charge on any atom is 0.181 e. The number of fused-ring (bicyclic) bond motifs is 1. The highest BCUT2D eigenvalue weighted by Crippen LogP contribution is 2.29. The van der Waals surface area contributed by atoms with Gasteiger partial charge < -0.3 is 11.5 Å². The molecule has 0 aliphatic rings. The molecule has 0 aliphatic carbocycles. The Bertz CT molecular complexity index is 691. The minimum absolute atomic E-state index is 0.567. The SMILES string of the molecule is Nc1cc(Cc2ccccn2)c2nc(N)sc2c1. The molecule has 2 heterocycles. The Morgan fingerprint density at radius 1 is 1.17 bits per heavy atom. The van der Waals surface area contributed by atoms with Gasteiger partial charge in [-0.15, -0.1) is 0 Å². The Morgan fingerprint density at radius 3 is 2.83 bits per heavy atom. The summed E-state index contributed by atoms with van der Waals surface area (Å²) in [4.78, 5) is 8.68. The van der Waals surface area contributed by atoms with Crippen LogP contribution in [0.3, 0.4) is 0 Å². The molecular formula is C13H12N4S. The van der Waals surface area contributed by atoms with Crippen LogP contribution in [0, 0.1) is 0 Å². The van der Waals surface area contributed by atoms with Crippen LogP contribution >= 0.6 is 11.3 Å². The second-order valence-corrected chi connectivity index (χ2v) is 5.14. The topological polar surface area (TPSA) is 77.8 Å². The summed E-state index contributed by atoms with van der Waals surface area (Å²) in [5.74, 6) is 0. The number of hydrogen-bond donors (Lipinski definition) is 2. The molecule has 2 aromatic heterocycles. The zero-order valence-electron chi connectivity index (χ0n) is 9.63. The smallest absolute Gasteiger partial charge is 0.181 e. The first-order valence-electron chi connectivity index (χ1n) is 5.57. The molecule has 0 saturated carbocycles. The molecule has 1 aromatic carbocycles. The van der Waals surface area contributed by atoms with E-state index in [9.17, 15) is 0 Å². The monoisotopic (exact) mass is 256 g/mol. The van der Waals surface area contributed by atoms with Crippen LogP contribution < -0.4 is 11.5 Å². The molecule has 90 valence electrons. The van der Waals surface area contributed by atoms with E-state index in [1.54, 1.807) is 6.20 Å². The van der Waals surface area contributed by atoms with Crippen molar-refractivity contribution in [3.05, 3.63) is 47.8 Å². The van der Waals surface area contributed by atoms with Crippen LogP contribution in [0.4, 0.5) is 10.8 Å². The number of nitrogens with zero attached hydrogens (tertiary/aromatic N) is 2. The lowest BCUT2D eigenvalue weighted by atomic mass is 10.1. The van der Waals surface area contributed by atoms with Crippen molar-refractivity contribution in [3.8, 4) is 0 Å². The molecule has 0 radical (unpaired) electrons. The van der Waals surface area contributed by atoms with Crippen molar-refractivity contribution in [3.63, 3.8) is 0 Å². The summed E-state index contributed by atoms with van der Waals surface area (Å²) in [7, 11) is 0. The summed E-state index contributed by atoms with van der Waals surface area (Å²) in [6, 6.07) is 9.71. The average molecular weight is 256 g/mol. The highest BCUT2D eigenvalue weighted by atomic mass is 32.1. The second kappa shape index (κ2) is 4.27. The van der Waals surface area contributed by atoms with Gasteiger partial charge in [-0.25, -0.2) is 4.98 Å². The van der Waals surface area contributed by atoms with E-state index in [1.807, 2.05) is 30.3 Å². The van der Waals surface area contributed by atoms with Gasteiger partial charge in [0, 0.05) is 24.0 Å². The first-order chi connectivity index (χ1) is 8.72.